The molecule has 27 heavy (non-hydrogen) atoms. The lowest BCUT2D eigenvalue weighted by Gasteiger charge is -2.14. The number of oxazole rings is 1. The molecule has 0 aliphatic carbocycles. The fourth-order valence-corrected chi connectivity index (χ4v) is 2.93. The standard InChI is InChI=1S/C19H12F3N3O2/c20-19(21,22)12-3-6-14-15(23)8-18(26)25(16(14)7-12)13-4-1-11(2-5-13)17-9-24-10-27-17/h1-10H,23H2. The summed E-state index contributed by atoms with van der Waals surface area (Å²) in [7, 11) is 0. The summed E-state index contributed by atoms with van der Waals surface area (Å²) in [6.07, 6.45) is -1.70. The lowest BCUT2D eigenvalue weighted by molar-refractivity contribution is -0.137. The maximum absolute atomic E-state index is 13.1. The van der Waals surface area contributed by atoms with Gasteiger partial charge in [0, 0.05) is 28.4 Å². The molecule has 0 amide bonds. The zero-order chi connectivity index (χ0) is 19.2. The molecule has 0 saturated carbocycles. The number of halogens is 3. The summed E-state index contributed by atoms with van der Waals surface area (Å²) in [6, 6.07) is 11.0. The molecule has 0 fully saturated rings. The average Bonchev–Trinajstić information content (AvgIpc) is 3.16. The van der Waals surface area contributed by atoms with Crippen molar-refractivity contribution in [2.45, 2.75) is 6.18 Å². The van der Waals surface area contributed by atoms with Crippen LogP contribution in [-0.2, 0) is 6.18 Å². The minimum Gasteiger partial charge on any atom is -0.444 e. The van der Waals surface area contributed by atoms with E-state index in [1.54, 1.807) is 24.3 Å². The van der Waals surface area contributed by atoms with Crippen LogP contribution in [0.1, 0.15) is 5.56 Å². The summed E-state index contributed by atoms with van der Waals surface area (Å²) in [5, 5.41) is 0.363. The van der Waals surface area contributed by atoms with Gasteiger partial charge in [-0.2, -0.15) is 13.2 Å². The van der Waals surface area contributed by atoms with Crippen LogP contribution in [0.3, 0.4) is 0 Å². The molecule has 2 heterocycles. The Morgan fingerprint density at radius 1 is 1.04 bits per heavy atom. The van der Waals surface area contributed by atoms with E-state index in [9.17, 15) is 18.0 Å². The molecule has 4 rings (SSSR count). The molecule has 2 aromatic carbocycles. The van der Waals surface area contributed by atoms with Gasteiger partial charge in [0.05, 0.1) is 17.3 Å². The molecule has 0 radical (unpaired) electrons. The summed E-state index contributed by atoms with van der Waals surface area (Å²) in [4.78, 5) is 16.3. The molecule has 136 valence electrons. The number of hydrogen-bond acceptors (Lipinski definition) is 4. The number of nitrogen functional groups attached to an aromatic ring is 1. The maximum Gasteiger partial charge on any atom is 0.416 e. The van der Waals surface area contributed by atoms with E-state index in [-0.39, 0.29) is 11.2 Å². The third-order valence-electron chi connectivity index (χ3n) is 4.22. The summed E-state index contributed by atoms with van der Waals surface area (Å²) in [5.41, 5.74) is 5.80. The number of benzene rings is 2. The number of aromatic nitrogens is 2. The second-order valence-electron chi connectivity index (χ2n) is 5.92. The van der Waals surface area contributed by atoms with Crippen molar-refractivity contribution in [3.63, 3.8) is 0 Å². The van der Waals surface area contributed by atoms with Gasteiger partial charge in [-0.1, -0.05) is 6.07 Å². The average molecular weight is 371 g/mol. The Morgan fingerprint density at radius 3 is 2.41 bits per heavy atom. The van der Waals surface area contributed by atoms with Crippen LogP contribution in [0.4, 0.5) is 18.9 Å². The van der Waals surface area contributed by atoms with E-state index in [2.05, 4.69) is 4.98 Å². The predicted molar refractivity (Wildman–Crippen MR) is 94.5 cm³/mol. The first kappa shape index (κ1) is 16.9. The van der Waals surface area contributed by atoms with Crippen molar-refractivity contribution in [2.75, 3.05) is 5.73 Å². The van der Waals surface area contributed by atoms with Crippen LogP contribution in [-0.4, -0.2) is 9.55 Å². The van der Waals surface area contributed by atoms with Gasteiger partial charge >= 0.3 is 6.18 Å². The molecule has 4 aromatic rings. The van der Waals surface area contributed by atoms with Gasteiger partial charge < -0.3 is 10.2 Å². The summed E-state index contributed by atoms with van der Waals surface area (Å²) in [5.74, 6) is 0.537. The summed E-state index contributed by atoms with van der Waals surface area (Å²) < 4.78 is 45.8. The van der Waals surface area contributed by atoms with Crippen molar-refractivity contribution in [1.82, 2.24) is 9.55 Å². The highest BCUT2D eigenvalue weighted by molar-refractivity contribution is 5.91. The van der Waals surface area contributed by atoms with Gasteiger partial charge in [-0.15, -0.1) is 0 Å². The number of nitrogens with zero attached hydrogens (tertiary/aromatic N) is 2. The van der Waals surface area contributed by atoms with Gasteiger partial charge in [0.15, 0.2) is 12.2 Å². The number of nitrogens with two attached hydrogens (primary N) is 1. The number of alkyl halides is 3. The Hall–Kier alpha value is -3.55. The Labute approximate surface area is 150 Å². The highest BCUT2D eigenvalue weighted by atomic mass is 19.4. The SMILES string of the molecule is Nc1cc(=O)n(-c2ccc(-c3cnco3)cc2)c2cc(C(F)(F)F)ccc12. The number of rotatable bonds is 2. The monoisotopic (exact) mass is 371 g/mol. The zero-order valence-electron chi connectivity index (χ0n) is 13.7. The molecule has 0 spiro atoms. The van der Waals surface area contributed by atoms with Crippen LogP contribution < -0.4 is 11.3 Å². The highest BCUT2D eigenvalue weighted by Crippen LogP contribution is 2.33. The van der Waals surface area contributed by atoms with E-state index < -0.39 is 17.3 Å². The van der Waals surface area contributed by atoms with E-state index in [0.29, 0.717) is 16.8 Å². The lowest BCUT2D eigenvalue weighted by atomic mass is 10.1. The largest absolute Gasteiger partial charge is 0.444 e. The highest BCUT2D eigenvalue weighted by Gasteiger charge is 2.31. The third-order valence-corrected chi connectivity index (χ3v) is 4.22. The minimum atomic E-state index is -4.53. The van der Waals surface area contributed by atoms with Crippen LogP contribution in [0.5, 0.6) is 0 Å². The molecule has 0 saturated heterocycles. The first-order valence-corrected chi connectivity index (χ1v) is 7.86. The Morgan fingerprint density at radius 2 is 1.78 bits per heavy atom. The normalized spacial score (nSPS) is 11.8. The number of pyridine rings is 1. The number of hydrogen-bond donors (Lipinski definition) is 1. The zero-order valence-corrected chi connectivity index (χ0v) is 13.7. The first-order valence-electron chi connectivity index (χ1n) is 7.86. The fraction of sp³-hybridized carbons (Fsp3) is 0.0526. The van der Waals surface area contributed by atoms with Gasteiger partial charge in [-0.3, -0.25) is 9.36 Å². The third kappa shape index (κ3) is 2.95. The maximum atomic E-state index is 13.1. The van der Waals surface area contributed by atoms with Gasteiger partial charge in [-0.25, -0.2) is 4.98 Å². The lowest BCUT2D eigenvalue weighted by Crippen LogP contribution is -2.19. The molecule has 0 bridgehead atoms. The number of anilines is 1. The molecule has 0 atom stereocenters. The van der Waals surface area contributed by atoms with E-state index in [1.807, 2.05) is 0 Å². The van der Waals surface area contributed by atoms with Crippen molar-refractivity contribution in [3.8, 4) is 17.0 Å². The van der Waals surface area contributed by atoms with Crippen LogP contribution in [0, 0.1) is 0 Å². The molecule has 0 aliphatic heterocycles. The fourth-order valence-electron chi connectivity index (χ4n) is 2.93. The Balaban J connectivity index is 1.94. The molecule has 0 unspecified atom stereocenters. The molecule has 2 N–H and O–H groups in total. The van der Waals surface area contributed by atoms with Crippen LogP contribution in [0.15, 0.2) is 70.3 Å². The van der Waals surface area contributed by atoms with Crippen LogP contribution in [0.25, 0.3) is 27.9 Å². The first-order chi connectivity index (χ1) is 12.8. The van der Waals surface area contributed by atoms with Gasteiger partial charge in [0.25, 0.3) is 5.56 Å². The van der Waals surface area contributed by atoms with Crippen molar-refractivity contribution in [2.24, 2.45) is 0 Å². The Bertz CT molecular complexity index is 1180. The smallest absolute Gasteiger partial charge is 0.416 e. The van der Waals surface area contributed by atoms with Crippen molar-refractivity contribution < 1.29 is 17.6 Å². The Kier molecular flexibility index (Phi) is 3.76. The molecule has 5 nitrogen and oxygen atoms in total. The molecular weight excluding hydrogens is 359 g/mol. The van der Waals surface area contributed by atoms with E-state index >= 15 is 0 Å². The molecule has 0 aliphatic rings. The quantitative estimate of drug-likeness (QED) is 0.572. The van der Waals surface area contributed by atoms with Crippen molar-refractivity contribution in [1.29, 1.82) is 0 Å². The van der Waals surface area contributed by atoms with E-state index in [0.717, 1.165) is 17.7 Å². The van der Waals surface area contributed by atoms with Crippen LogP contribution >= 0.6 is 0 Å². The van der Waals surface area contributed by atoms with Gasteiger partial charge in [0.1, 0.15) is 0 Å². The topological polar surface area (TPSA) is 74.1 Å². The minimum absolute atomic E-state index is 0.0854. The molecule has 8 heteroatoms. The van der Waals surface area contributed by atoms with E-state index in [1.165, 1.54) is 29.3 Å². The second kappa shape index (κ2) is 6.01. The molecular formula is C19H12F3N3O2. The summed E-state index contributed by atoms with van der Waals surface area (Å²) >= 11 is 0. The number of fused-ring (bicyclic) bond motifs is 1. The van der Waals surface area contributed by atoms with Gasteiger partial charge in [0.2, 0.25) is 0 Å². The van der Waals surface area contributed by atoms with Gasteiger partial charge in [-0.05, 0) is 36.4 Å². The van der Waals surface area contributed by atoms with Crippen molar-refractivity contribution >= 4 is 16.6 Å². The second-order valence-corrected chi connectivity index (χ2v) is 5.92. The van der Waals surface area contributed by atoms with E-state index in [4.69, 9.17) is 10.2 Å². The summed E-state index contributed by atoms with van der Waals surface area (Å²) in [6.45, 7) is 0. The molecule has 2 aromatic heterocycles. The predicted octanol–water partition coefficient (Wildman–Crippen LogP) is 4.25. The van der Waals surface area contributed by atoms with Crippen molar-refractivity contribution in [3.05, 3.63) is 77.0 Å². The van der Waals surface area contributed by atoms with Crippen LogP contribution in [0.2, 0.25) is 0 Å².